The van der Waals surface area contributed by atoms with Crippen molar-refractivity contribution in [2.24, 2.45) is 0 Å². The van der Waals surface area contributed by atoms with Crippen LogP contribution < -0.4 is 0 Å². The minimum atomic E-state index is -2.15. The lowest BCUT2D eigenvalue weighted by atomic mass is 10.1. The van der Waals surface area contributed by atoms with E-state index in [0.29, 0.717) is 11.8 Å². The van der Waals surface area contributed by atoms with Crippen LogP contribution in [0.2, 0.25) is 0 Å². The van der Waals surface area contributed by atoms with Crippen molar-refractivity contribution < 1.29 is 22.0 Å². The molecule has 1 rings (SSSR count). The molecule has 0 fully saturated rings. The van der Waals surface area contributed by atoms with Gasteiger partial charge in [0.1, 0.15) is 0 Å². The summed E-state index contributed by atoms with van der Waals surface area (Å²) in [5.74, 6) is -9.65. The summed E-state index contributed by atoms with van der Waals surface area (Å²) in [7, 11) is 0. The third-order valence-corrected chi connectivity index (χ3v) is 2.26. The van der Waals surface area contributed by atoms with E-state index in [1.54, 1.807) is 0 Å². The van der Waals surface area contributed by atoms with E-state index >= 15 is 0 Å². The molecule has 88 valence electrons. The molecule has 0 aliphatic heterocycles. The van der Waals surface area contributed by atoms with Crippen molar-refractivity contribution in [3.8, 4) is 0 Å². The predicted octanol–water partition coefficient (Wildman–Crippen LogP) is 4.18. The van der Waals surface area contributed by atoms with Gasteiger partial charge in [-0.05, 0) is 6.42 Å². The molecular weight excluding hydrogens is 295 g/mol. The van der Waals surface area contributed by atoms with Gasteiger partial charge in [-0.15, -0.1) is 0 Å². The SMILES string of the molecule is Fc1c(F)c(F)c(C=CCCBr)c(F)c1F. The zero-order valence-electron chi connectivity index (χ0n) is 7.84. The molecule has 0 atom stereocenters. The van der Waals surface area contributed by atoms with E-state index in [9.17, 15) is 22.0 Å². The highest BCUT2D eigenvalue weighted by Gasteiger charge is 2.23. The van der Waals surface area contributed by atoms with E-state index in [4.69, 9.17) is 0 Å². The zero-order valence-corrected chi connectivity index (χ0v) is 9.42. The Kier molecular flexibility index (Phi) is 4.46. The van der Waals surface area contributed by atoms with Crippen molar-refractivity contribution in [3.05, 3.63) is 40.7 Å². The molecule has 1 aromatic rings. The van der Waals surface area contributed by atoms with E-state index in [0.717, 1.165) is 6.08 Å². The molecule has 0 aromatic heterocycles. The van der Waals surface area contributed by atoms with Crippen LogP contribution in [-0.4, -0.2) is 5.33 Å². The van der Waals surface area contributed by atoms with Crippen LogP contribution in [0.15, 0.2) is 6.08 Å². The number of benzene rings is 1. The number of halogens is 6. The standard InChI is InChI=1S/C10H6BrF5/c11-4-2-1-3-5-6(12)8(14)10(16)9(15)7(5)13/h1,3H,2,4H2. The highest BCUT2D eigenvalue weighted by Crippen LogP contribution is 2.24. The normalized spacial score (nSPS) is 11.4. The summed E-state index contributed by atoms with van der Waals surface area (Å²) in [5, 5.41) is 0.527. The van der Waals surface area contributed by atoms with Crippen LogP contribution in [0, 0.1) is 29.1 Å². The Morgan fingerprint density at radius 1 is 0.812 bits per heavy atom. The van der Waals surface area contributed by atoms with Gasteiger partial charge < -0.3 is 0 Å². The van der Waals surface area contributed by atoms with Gasteiger partial charge in [0.05, 0.1) is 5.56 Å². The first-order chi connectivity index (χ1) is 7.50. The van der Waals surface area contributed by atoms with E-state index in [2.05, 4.69) is 15.9 Å². The highest BCUT2D eigenvalue weighted by atomic mass is 79.9. The lowest BCUT2D eigenvalue weighted by Crippen LogP contribution is -2.03. The molecule has 0 unspecified atom stereocenters. The number of hydrogen-bond donors (Lipinski definition) is 0. The average Bonchev–Trinajstić information content (AvgIpc) is 2.28. The van der Waals surface area contributed by atoms with Gasteiger partial charge in [0.15, 0.2) is 23.3 Å². The third-order valence-electron chi connectivity index (χ3n) is 1.80. The maximum atomic E-state index is 13.0. The Morgan fingerprint density at radius 2 is 1.25 bits per heavy atom. The lowest BCUT2D eigenvalue weighted by molar-refractivity contribution is 0.377. The molecule has 6 heteroatoms. The monoisotopic (exact) mass is 300 g/mol. The Morgan fingerprint density at radius 3 is 1.69 bits per heavy atom. The molecule has 0 N–H and O–H groups in total. The summed E-state index contributed by atoms with van der Waals surface area (Å²) in [5.41, 5.74) is -0.919. The van der Waals surface area contributed by atoms with Crippen molar-refractivity contribution in [2.45, 2.75) is 6.42 Å². The van der Waals surface area contributed by atoms with Gasteiger partial charge in [-0.1, -0.05) is 28.1 Å². The summed E-state index contributed by atoms with van der Waals surface area (Å²) >= 11 is 3.05. The Labute approximate surface area is 96.9 Å². The van der Waals surface area contributed by atoms with Crippen molar-refractivity contribution in [1.29, 1.82) is 0 Å². The second-order valence-corrected chi connectivity index (χ2v) is 3.66. The van der Waals surface area contributed by atoms with Crippen molar-refractivity contribution in [1.82, 2.24) is 0 Å². The Hall–Kier alpha value is -0.910. The van der Waals surface area contributed by atoms with Gasteiger partial charge in [-0.25, -0.2) is 22.0 Å². The molecule has 0 spiro atoms. The number of alkyl halides is 1. The zero-order chi connectivity index (χ0) is 12.3. The van der Waals surface area contributed by atoms with Crippen molar-refractivity contribution in [2.75, 3.05) is 5.33 Å². The van der Waals surface area contributed by atoms with E-state index in [1.807, 2.05) is 0 Å². The molecule has 0 heterocycles. The molecule has 16 heavy (non-hydrogen) atoms. The quantitative estimate of drug-likeness (QED) is 0.340. The van der Waals surface area contributed by atoms with Crippen LogP contribution in [0.4, 0.5) is 22.0 Å². The summed E-state index contributed by atoms with van der Waals surface area (Å²) < 4.78 is 64.1. The number of hydrogen-bond acceptors (Lipinski definition) is 0. The van der Waals surface area contributed by atoms with Crippen LogP contribution in [0.3, 0.4) is 0 Å². The van der Waals surface area contributed by atoms with E-state index in [1.165, 1.54) is 6.08 Å². The van der Waals surface area contributed by atoms with Crippen LogP contribution in [0.5, 0.6) is 0 Å². The minimum absolute atomic E-state index is 0.416. The van der Waals surface area contributed by atoms with Crippen LogP contribution in [0.1, 0.15) is 12.0 Å². The smallest absolute Gasteiger partial charge is 0.200 e. The first-order valence-electron chi connectivity index (χ1n) is 4.24. The lowest BCUT2D eigenvalue weighted by Gasteiger charge is -2.03. The van der Waals surface area contributed by atoms with Gasteiger partial charge in [0.2, 0.25) is 5.82 Å². The minimum Gasteiger partial charge on any atom is -0.203 e. The van der Waals surface area contributed by atoms with Crippen molar-refractivity contribution >= 4 is 22.0 Å². The molecule has 0 bridgehead atoms. The maximum Gasteiger partial charge on any atom is 0.200 e. The second kappa shape index (κ2) is 5.43. The summed E-state index contributed by atoms with van der Waals surface area (Å²) in [6.07, 6.45) is 2.60. The predicted molar refractivity (Wildman–Crippen MR) is 53.7 cm³/mol. The molecule has 1 aromatic carbocycles. The maximum absolute atomic E-state index is 13.0. The molecule has 0 nitrogen and oxygen atoms in total. The van der Waals surface area contributed by atoms with Gasteiger partial charge in [-0.3, -0.25) is 0 Å². The first kappa shape index (κ1) is 13.2. The van der Waals surface area contributed by atoms with Crippen LogP contribution >= 0.6 is 15.9 Å². The molecule has 0 saturated carbocycles. The average molecular weight is 301 g/mol. The number of allylic oxidation sites excluding steroid dienone is 1. The summed E-state index contributed by atoms with van der Waals surface area (Å²) in [4.78, 5) is 0. The molecule has 0 aliphatic carbocycles. The Balaban J connectivity index is 3.29. The van der Waals surface area contributed by atoms with E-state index in [-0.39, 0.29) is 0 Å². The van der Waals surface area contributed by atoms with Gasteiger partial charge >= 0.3 is 0 Å². The topological polar surface area (TPSA) is 0 Å². The highest BCUT2D eigenvalue weighted by molar-refractivity contribution is 9.09. The molecule has 0 aliphatic rings. The molecule has 0 amide bonds. The Bertz CT molecular complexity index is 399. The fourth-order valence-corrected chi connectivity index (χ4v) is 1.30. The van der Waals surface area contributed by atoms with Crippen LogP contribution in [-0.2, 0) is 0 Å². The van der Waals surface area contributed by atoms with E-state index < -0.39 is 34.6 Å². The fraction of sp³-hybridized carbons (Fsp3) is 0.200. The van der Waals surface area contributed by atoms with Gasteiger partial charge in [0.25, 0.3) is 0 Å². The first-order valence-corrected chi connectivity index (χ1v) is 5.36. The molecule has 0 saturated heterocycles. The summed E-state index contributed by atoms with van der Waals surface area (Å²) in [6, 6.07) is 0. The van der Waals surface area contributed by atoms with Gasteiger partial charge in [-0.2, -0.15) is 0 Å². The third kappa shape index (κ3) is 2.42. The number of rotatable bonds is 3. The molecular formula is C10H6BrF5. The molecule has 0 radical (unpaired) electrons. The second-order valence-electron chi connectivity index (χ2n) is 2.86. The van der Waals surface area contributed by atoms with Crippen molar-refractivity contribution in [3.63, 3.8) is 0 Å². The summed E-state index contributed by atoms with van der Waals surface area (Å²) in [6.45, 7) is 0. The van der Waals surface area contributed by atoms with Gasteiger partial charge in [0, 0.05) is 5.33 Å². The fourth-order valence-electron chi connectivity index (χ4n) is 1.03. The largest absolute Gasteiger partial charge is 0.203 e. The van der Waals surface area contributed by atoms with Crippen LogP contribution in [0.25, 0.3) is 6.08 Å².